The van der Waals surface area contributed by atoms with E-state index < -0.39 is 0 Å². The lowest BCUT2D eigenvalue weighted by atomic mass is 10.2. The van der Waals surface area contributed by atoms with E-state index in [9.17, 15) is 5.11 Å². The van der Waals surface area contributed by atoms with Crippen molar-refractivity contribution in [3.8, 4) is 17.1 Å². The van der Waals surface area contributed by atoms with Crippen molar-refractivity contribution in [1.29, 1.82) is 0 Å². The van der Waals surface area contributed by atoms with Crippen LogP contribution in [0, 0.1) is 0 Å². The van der Waals surface area contributed by atoms with Crippen LogP contribution in [-0.2, 0) is 7.05 Å². The predicted octanol–water partition coefficient (Wildman–Crippen LogP) is 1.86. The average Bonchev–Trinajstić information content (AvgIpc) is 2.84. The van der Waals surface area contributed by atoms with Crippen molar-refractivity contribution < 1.29 is 5.11 Å². The molecule has 5 heteroatoms. The zero-order valence-electron chi connectivity index (χ0n) is 9.31. The molecule has 2 heterocycles. The summed E-state index contributed by atoms with van der Waals surface area (Å²) in [5.74, 6) is 0.231. The normalized spacial score (nSPS) is 11.1. The van der Waals surface area contributed by atoms with Gasteiger partial charge in [-0.1, -0.05) is 12.1 Å². The van der Waals surface area contributed by atoms with Crippen molar-refractivity contribution in [2.45, 2.75) is 0 Å². The average molecular weight is 228 g/mol. The van der Waals surface area contributed by atoms with E-state index in [-0.39, 0.29) is 5.75 Å². The second kappa shape index (κ2) is 3.28. The summed E-state index contributed by atoms with van der Waals surface area (Å²) < 4.78 is 1.71. The number of aromatic hydroxyl groups is 1. The molecule has 0 aliphatic carbocycles. The molecule has 0 unspecified atom stereocenters. The third-order valence-electron chi connectivity index (χ3n) is 2.86. The first-order chi connectivity index (χ1) is 8.16. The summed E-state index contributed by atoms with van der Waals surface area (Å²) in [4.78, 5) is 3.16. The maximum absolute atomic E-state index is 9.74. The molecular weight excluding hydrogens is 216 g/mol. The van der Waals surface area contributed by atoms with Crippen LogP contribution in [0.15, 0.2) is 30.5 Å². The number of aryl methyl sites for hydroxylation is 1. The number of phenolic OH excluding ortho intramolecular Hbond substituents is 1. The Balaban J connectivity index is 2.29. The highest BCUT2D eigenvalue weighted by molar-refractivity contribution is 5.90. The number of fused-ring (bicyclic) bond motifs is 1. The highest BCUT2D eigenvalue weighted by atomic mass is 16.3. The van der Waals surface area contributed by atoms with Gasteiger partial charge >= 0.3 is 0 Å². The molecule has 0 fully saturated rings. The minimum Gasteiger partial charge on any atom is -0.506 e. The number of para-hydroxylation sites is 1. The van der Waals surface area contributed by atoms with Gasteiger partial charge in [0.2, 0.25) is 0 Å². The van der Waals surface area contributed by atoms with Gasteiger partial charge in [0, 0.05) is 12.4 Å². The number of hydrogen-bond donors (Lipinski definition) is 3. The molecule has 0 atom stereocenters. The summed E-state index contributed by atoms with van der Waals surface area (Å²) in [6.45, 7) is 0. The fourth-order valence-electron chi connectivity index (χ4n) is 2.05. The molecule has 0 radical (unpaired) electrons. The molecule has 0 aliphatic rings. The molecule has 2 aromatic heterocycles. The number of aromatic nitrogens is 3. The van der Waals surface area contributed by atoms with Crippen molar-refractivity contribution in [3.05, 3.63) is 30.5 Å². The maximum atomic E-state index is 9.74. The Labute approximate surface area is 97.5 Å². The Morgan fingerprint density at radius 2 is 2.24 bits per heavy atom. The fraction of sp³-hybridized carbons (Fsp3) is 0.0833. The Morgan fingerprint density at radius 3 is 2.88 bits per heavy atom. The van der Waals surface area contributed by atoms with Crippen LogP contribution in [0.4, 0.5) is 5.69 Å². The van der Waals surface area contributed by atoms with E-state index >= 15 is 0 Å². The first kappa shape index (κ1) is 9.77. The molecular formula is C12H12N4O. The molecule has 1 aromatic carbocycles. The number of nitrogens with two attached hydrogens (primary N) is 1. The van der Waals surface area contributed by atoms with Gasteiger partial charge in [-0.05, 0) is 12.1 Å². The van der Waals surface area contributed by atoms with Gasteiger partial charge in [-0.25, -0.2) is 0 Å². The van der Waals surface area contributed by atoms with Crippen molar-refractivity contribution in [3.63, 3.8) is 0 Å². The first-order valence-corrected chi connectivity index (χ1v) is 5.25. The minimum absolute atomic E-state index is 0.231. The number of phenols is 1. The van der Waals surface area contributed by atoms with Crippen LogP contribution in [0.5, 0.6) is 5.75 Å². The van der Waals surface area contributed by atoms with Crippen LogP contribution in [0.25, 0.3) is 22.3 Å². The van der Waals surface area contributed by atoms with Crippen molar-refractivity contribution >= 4 is 16.6 Å². The lowest BCUT2D eigenvalue weighted by molar-refractivity contribution is 0.480. The molecule has 86 valence electrons. The van der Waals surface area contributed by atoms with Crippen LogP contribution >= 0.6 is 0 Å². The minimum atomic E-state index is 0.231. The topological polar surface area (TPSA) is 79.9 Å². The zero-order valence-corrected chi connectivity index (χ0v) is 9.31. The van der Waals surface area contributed by atoms with E-state index in [1.807, 2.05) is 25.2 Å². The number of hydrogen-bond acceptors (Lipinski definition) is 3. The predicted molar refractivity (Wildman–Crippen MR) is 66.6 cm³/mol. The molecule has 0 saturated heterocycles. The van der Waals surface area contributed by atoms with E-state index in [1.54, 1.807) is 16.9 Å². The van der Waals surface area contributed by atoms with Gasteiger partial charge in [-0.3, -0.25) is 4.68 Å². The van der Waals surface area contributed by atoms with Crippen LogP contribution in [0.1, 0.15) is 0 Å². The number of anilines is 1. The van der Waals surface area contributed by atoms with Crippen molar-refractivity contribution in [1.82, 2.24) is 14.8 Å². The highest BCUT2D eigenvalue weighted by Crippen LogP contribution is 2.31. The molecule has 3 rings (SSSR count). The second-order valence-corrected chi connectivity index (χ2v) is 4.00. The van der Waals surface area contributed by atoms with Crippen molar-refractivity contribution in [2.24, 2.45) is 7.05 Å². The van der Waals surface area contributed by atoms with E-state index in [0.29, 0.717) is 11.2 Å². The Kier molecular flexibility index (Phi) is 1.89. The molecule has 17 heavy (non-hydrogen) atoms. The molecule has 4 N–H and O–H groups in total. The standard InChI is InChI=1S/C12H12N4O/c1-16-12(8(13)6-14-16)9-5-7-3-2-4-10(17)11(7)15-9/h2-6,15,17H,13H2,1H3. The Hall–Kier alpha value is -2.43. The summed E-state index contributed by atoms with van der Waals surface area (Å²) in [7, 11) is 1.83. The van der Waals surface area contributed by atoms with Gasteiger partial charge in [-0.2, -0.15) is 5.10 Å². The number of H-pyrrole nitrogens is 1. The largest absolute Gasteiger partial charge is 0.506 e. The maximum Gasteiger partial charge on any atom is 0.139 e. The molecule has 0 aliphatic heterocycles. The molecule has 0 bridgehead atoms. The monoisotopic (exact) mass is 228 g/mol. The first-order valence-electron chi connectivity index (χ1n) is 5.25. The van der Waals surface area contributed by atoms with Gasteiger partial charge in [0.05, 0.1) is 23.1 Å². The summed E-state index contributed by atoms with van der Waals surface area (Å²) in [5, 5.41) is 14.8. The number of nitrogens with zero attached hydrogens (tertiary/aromatic N) is 2. The molecule has 0 spiro atoms. The number of benzene rings is 1. The molecule has 0 saturated carbocycles. The Bertz CT molecular complexity index is 676. The lowest BCUT2D eigenvalue weighted by Crippen LogP contribution is -1.95. The van der Waals surface area contributed by atoms with Crippen LogP contribution < -0.4 is 5.73 Å². The van der Waals surface area contributed by atoms with E-state index in [4.69, 9.17) is 5.73 Å². The molecule has 3 aromatic rings. The quantitative estimate of drug-likeness (QED) is 0.594. The second-order valence-electron chi connectivity index (χ2n) is 4.00. The summed E-state index contributed by atoms with van der Waals surface area (Å²) in [6, 6.07) is 7.33. The van der Waals surface area contributed by atoms with Crippen molar-refractivity contribution in [2.75, 3.05) is 5.73 Å². The van der Waals surface area contributed by atoms with Gasteiger partial charge in [0.15, 0.2) is 0 Å². The third kappa shape index (κ3) is 1.36. The third-order valence-corrected chi connectivity index (χ3v) is 2.86. The molecule has 0 amide bonds. The Morgan fingerprint density at radius 1 is 1.41 bits per heavy atom. The summed E-state index contributed by atoms with van der Waals surface area (Å²) in [5.41, 5.74) is 8.85. The smallest absolute Gasteiger partial charge is 0.139 e. The summed E-state index contributed by atoms with van der Waals surface area (Å²) >= 11 is 0. The lowest BCUT2D eigenvalue weighted by Gasteiger charge is -1.99. The zero-order chi connectivity index (χ0) is 12.0. The number of nitrogens with one attached hydrogen (secondary N) is 1. The van der Waals surface area contributed by atoms with Gasteiger partial charge in [-0.15, -0.1) is 0 Å². The van der Waals surface area contributed by atoms with E-state index in [1.165, 1.54) is 0 Å². The van der Waals surface area contributed by atoms with Crippen LogP contribution in [-0.4, -0.2) is 19.9 Å². The van der Waals surface area contributed by atoms with Crippen LogP contribution in [0.2, 0.25) is 0 Å². The van der Waals surface area contributed by atoms with Gasteiger partial charge in [0.25, 0.3) is 0 Å². The number of rotatable bonds is 1. The fourth-order valence-corrected chi connectivity index (χ4v) is 2.05. The number of aromatic amines is 1. The SMILES string of the molecule is Cn1ncc(N)c1-c1cc2cccc(O)c2[nH]1. The highest BCUT2D eigenvalue weighted by Gasteiger charge is 2.12. The molecule has 5 nitrogen and oxygen atoms in total. The van der Waals surface area contributed by atoms with Crippen LogP contribution in [0.3, 0.4) is 0 Å². The van der Waals surface area contributed by atoms with E-state index in [2.05, 4.69) is 10.1 Å². The van der Waals surface area contributed by atoms with Gasteiger partial charge < -0.3 is 15.8 Å². The number of nitrogen functional groups attached to an aromatic ring is 1. The summed E-state index contributed by atoms with van der Waals surface area (Å²) in [6.07, 6.45) is 1.61. The van der Waals surface area contributed by atoms with Gasteiger partial charge in [0.1, 0.15) is 11.4 Å². The van der Waals surface area contributed by atoms with E-state index in [0.717, 1.165) is 16.8 Å².